The van der Waals surface area contributed by atoms with Crippen LogP contribution >= 0.6 is 0 Å². The lowest BCUT2D eigenvalue weighted by molar-refractivity contribution is 0.101. The van der Waals surface area contributed by atoms with Gasteiger partial charge < -0.3 is 9.47 Å². The standard InChI is InChI=1S/C13H18O3/c1-4-5-8-16-11-6-7-12(10(2)14)13(9-11)15-3/h6-7,9H,4-5,8H2,1-3H3. The molecule has 3 nitrogen and oxygen atoms in total. The van der Waals surface area contributed by atoms with Crippen LogP contribution in [-0.4, -0.2) is 19.5 Å². The molecule has 88 valence electrons. The van der Waals surface area contributed by atoms with Crippen molar-refractivity contribution < 1.29 is 14.3 Å². The van der Waals surface area contributed by atoms with E-state index in [1.807, 2.05) is 0 Å². The highest BCUT2D eigenvalue weighted by Crippen LogP contribution is 2.25. The van der Waals surface area contributed by atoms with Gasteiger partial charge in [-0.15, -0.1) is 0 Å². The van der Waals surface area contributed by atoms with Crippen LogP contribution in [0.1, 0.15) is 37.0 Å². The molecule has 0 amide bonds. The van der Waals surface area contributed by atoms with Gasteiger partial charge in [0.1, 0.15) is 11.5 Å². The molecule has 0 saturated heterocycles. The molecule has 0 heterocycles. The van der Waals surface area contributed by atoms with Gasteiger partial charge >= 0.3 is 0 Å². The second-order valence-corrected chi connectivity index (χ2v) is 3.62. The number of carbonyl (C=O) groups is 1. The largest absolute Gasteiger partial charge is 0.496 e. The van der Waals surface area contributed by atoms with Gasteiger partial charge in [0, 0.05) is 6.07 Å². The summed E-state index contributed by atoms with van der Waals surface area (Å²) in [5.41, 5.74) is 0.588. The van der Waals surface area contributed by atoms with Crippen molar-refractivity contribution in [3.05, 3.63) is 23.8 Å². The van der Waals surface area contributed by atoms with E-state index in [1.165, 1.54) is 6.92 Å². The Morgan fingerprint density at radius 3 is 2.69 bits per heavy atom. The van der Waals surface area contributed by atoms with Crippen molar-refractivity contribution in [2.45, 2.75) is 26.7 Å². The lowest BCUT2D eigenvalue weighted by Crippen LogP contribution is -2.00. The summed E-state index contributed by atoms with van der Waals surface area (Å²) >= 11 is 0. The second-order valence-electron chi connectivity index (χ2n) is 3.62. The van der Waals surface area contributed by atoms with Crippen LogP contribution in [0.4, 0.5) is 0 Å². The summed E-state index contributed by atoms with van der Waals surface area (Å²) in [6, 6.07) is 5.30. The highest BCUT2D eigenvalue weighted by atomic mass is 16.5. The molecule has 3 heteroatoms. The van der Waals surface area contributed by atoms with E-state index in [2.05, 4.69) is 6.92 Å². The first-order valence-corrected chi connectivity index (χ1v) is 5.50. The number of hydrogen-bond donors (Lipinski definition) is 0. The van der Waals surface area contributed by atoms with Gasteiger partial charge in [0.15, 0.2) is 5.78 Å². The maximum atomic E-state index is 11.3. The summed E-state index contributed by atoms with van der Waals surface area (Å²) < 4.78 is 10.7. The third-order valence-electron chi connectivity index (χ3n) is 2.32. The average molecular weight is 222 g/mol. The fourth-order valence-corrected chi connectivity index (χ4v) is 1.39. The lowest BCUT2D eigenvalue weighted by atomic mass is 10.1. The first-order chi connectivity index (χ1) is 7.69. The Balaban J connectivity index is 2.78. The van der Waals surface area contributed by atoms with Crippen LogP contribution in [0.5, 0.6) is 11.5 Å². The van der Waals surface area contributed by atoms with Crippen LogP contribution in [0.15, 0.2) is 18.2 Å². The van der Waals surface area contributed by atoms with Crippen LogP contribution in [0.3, 0.4) is 0 Å². The molecule has 1 rings (SSSR count). The van der Waals surface area contributed by atoms with Crippen LogP contribution in [0.25, 0.3) is 0 Å². The molecule has 0 fully saturated rings. The molecule has 0 saturated carbocycles. The Morgan fingerprint density at radius 1 is 1.38 bits per heavy atom. The molecule has 16 heavy (non-hydrogen) atoms. The molecule has 0 aliphatic rings. The second kappa shape index (κ2) is 6.16. The highest BCUT2D eigenvalue weighted by molar-refractivity contribution is 5.97. The molecule has 0 aliphatic heterocycles. The van der Waals surface area contributed by atoms with Gasteiger partial charge in [-0.05, 0) is 25.5 Å². The van der Waals surface area contributed by atoms with E-state index in [0.29, 0.717) is 17.9 Å². The van der Waals surface area contributed by atoms with Gasteiger partial charge in [-0.2, -0.15) is 0 Å². The van der Waals surface area contributed by atoms with E-state index in [9.17, 15) is 4.79 Å². The summed E-state index contributed by atoms with van der Waals surface area (Å²) in [4.78, 5) is 11.3. The van der Waals surface area contributed by atoms with E-state index in [0.717, 1.165) is 18.6 Å². The molecular formula is C13H18O3. The third kappa shape index (κ3) is 3.26. The minimum absolute atomic E-state index is 0.00282. The van der Waals surface area contributed by atoms with Gasteiger partial charge in [0.25, 0.3) is 0 Å². The monoisotopic (exact) mass is 222 g/mol. The van der Waals surface area contributed by atoms with E-state index < -0.39 is 0 Å². The number of Topliss-reactive ketones (excluding diaryl/α,β-unsaturated/α-hetero) is 1. The normalized spacial score (nSPS) is 9.94. The average Bonchev–Trinajstić information content (AvgIpc) is 2.29. The SMILES string of the molecule is CCCCOc1ccc(C(C)=O)c(OC)c1. The van der Waals surface area contributed by atoms with E-state index in [4.69, 9.17) is 9.47 Å². The van der Waals surface area contributed by atoms with Crippen LogP contribution in [0, 0.1) is 0 Å². The quantitative estimate of drug-likeness (QED) is 0.548. The predicted octanol–water partition coefficient (Wildman–Crippen LogP) is 3.08. The lowest BCUT2D eigenvalue weighted by Gasteiger charge is -2.09. The maximum absolute atomic E-state index is 11.3. The molecule has 0 spiro atoms. The molecule has 0 N–H and O–H groups in total. The Morgan fingerprint density at radius 2 is 2.12 bits per heavy atom. The zero-order valence-electron chi connectivity index (χ0n) is 10.1. The van der Waals surface area contributed by atoms with Crippen molar-refractivity contribution in [2.24, 2.45) is 0 Å². The van der Waals surface area contributed by atoms with E-state index in [1.54, 1.807) is 25.3 Å². The zero-order chi connectivity index (χ0) is 12.0. The fraction of sp³-hybridized carbons (Fsp3) is 0.462. The molecule has 0 atom stereocenters. The number of hydrogen-bond acceptors (Lipinski definition) is 3. The van der Waals surface area contributed by atoms with Gasteiger partial charge in [0.05, 0.1) is 19.3 Å². The Bertz CT molecular complexity index is 358. The molecule has 1 aromatic rings. The highest BCUT2D eigenvalue weighted by Gasteiger charge is 2.08. The smallest absolute Gasteiger partial charge is 0.163 e. The zero-order valence-corrected chi connectivity index (χ0v) is 10.1. The number of benzene rings is 1. The summed E-state index contributed by atoms with van der Waals surface area (Å²) in [7, 11) is 1.55. The number of unbranched alkanes of at least 4 members (excludes halogenated alkanes) is 1. The molecule has 0 unspecified atom stereocenters. The van der Waals surface area contributed by atoms with E-state index >= 15 is 0 Å². The number of methoxy groups -OCH3 is 1. The summed E-state index contributed by atoms with van der Waals surface area (Å²) in [5, 5.41) is 0. The number of ketones is 1. The molecule has 0 aliphatic carbocycles. The minimum atomic E-state index is -0.00282. The topological polar surface area (TPSA) is 35.5 Å². The van der Waals surface area contributed by atoms with Crippen molar-refractivity contribution in [3.8, 4) is 11.5 Å². The predicted molar refractivity (Wildman–Crippen MR) is 63.4 cm³/mol. The van der Waals surface area contributed by atoms with Crippen molar-refractivity contribution in [1.82, 2.24) is 0 Å². The van der Waals surface area contributed by atoms with Gasteiger partial charge in [-0.1, -0.05) is 13.3 Å². The van der Waals surface area contributed by atoms with Crippen LogP contribution in [0.2, 0.25) is 0 Å². The molecule has 1 aromatic carbocycles. The van der Waals surface area contributed by atoms with Gasteiger partial charge in [0.2, 0.25) is 0 Å². The Labute approximate surface area is 96.4 Å². The minimum Gasteiger partial charge on any atom is -0.496 e. The Kier molecular flexibility index (Phi) is 4.83. The van der Waals surface area contributed by atoms with Crippen LogP contribution in [-0.2, 0) is 0 Å². The van der Waals surface area contributed by atoms with Gasteiger partial charge in [-0.25, -0.2) is 0 Å². The molecular weight excluding hydrogens is 204 g/mol. The van der Waals surface area contributed by atoms with Crippen molar-refractivity contribution in [2.75, 3.05) is 13.7 Å². The first-order valence-electron chi connectivity index (χ1n) is 5.50. The van der Waals surface area contributed by atoms with Crippen molar-refractivity contribution >= 4 is 5.78 Å². The third-order valence-corrected chi connectivity index (χ3v) is 2.32. The van der Waals surface area contributed by atoms with Crippen molar-refractivity contribution in [1.29, 1.82) is 0 Å². The molecule has 0 aromatic heterocycles. The maximum Gasteiger partial charge on any atom is 0.163 e. The summed E-state index contributed by atoms with van der Waals surface area (Å²) in [6.45, 7) is 4.33. The molecule has 0 bridgehead atoms. The van der Waals surface area contributed by atoms with Gasteiger partial charge in [-0.3, -0.25) is 4.79 Å². The number of carbonyl (C=O) groups excluding carboxylic acids is 1. The number of rotatable bonds is 6. The molecule has 0 radical (unpaired) electrons. The fourth-order valence-electron chi connectivity index (χ4n) is 1.39. The van der Waals surface area contributed by atoms with Crippen LogP contribution < -0.4 is 9.47 Å². The van der Waals surface area contributed by atoms with Crippen molar-refractivity contribution in [3.63, 3.8) is 0 Å². The summed E-state index contributed by atoms with van der Waals surface area (Å²) in [5.74, 6) is 1.31. The number of ether oxygens (including phenoxy) is 2. The first kappa shape index (κ1) is 12.6. The van der Waals surface area contributed by atoms with E-state index in [-0.39, 0.29) is 5.78 Å². The Hall–Kier alpha value is -1.51. The summed E-state index contributed by atoms with van der Waals surface area (Å²) in [6.07, 6.45) is 2.12.